The maximum absolute atomic E-state index is 12.4. The standard InChI is InChI=1S/C20H30ClN5O3/c1-15(27)23-6-7-24-19(20(29)22-2)17-5-3-4-16(12-17)14-25-8-10-26(11-9-25)18(28)13-21/h3-5,12,19,24H,6-11,13-14H2,1-2H3,(H,22,29)(H,23,27). The summed E-state index contributed by atoms with van der Waals surface area (Å²) in [5.41, 5.74) is 1.98. The molecule has 160 valence electrons. The van der Waals surface area contributed by atoms with Crippen LogP contribution in [0.1, 0.15) is 24.1 Å². The van der Waals surface area contributed by atoms with Crippen LogP contribution >= 0.6 is 11.6 Å². The van der Waals surface area contributed by atoms with E-state index < -0.39 is 6.04 Å². The van der Waals surface area contributed by atoms with Gasteiger partial charge in [-0.1, -0.05) is 24.3 Å². The molecular weight excluding hydrogens is 394 g/mol. The van der Waals surface area contributed by atoms with Crippen molar-refractivity contribution in [1.29, 1.82) is 0 Å². The third-order valence-electron chi connectivity index (χ3n) is 4.89. The van der Waals surface area contributed by atoms with Gasteiger partial charge in [0.25, 0.3) is 0 Å². The minimum Gasteiger partial charge on any atom is -0.358 e. The molecule has 3 amide bonds. The van der Waals surface area contributed by atoms with Gasteiger partial charge in [0.15, 0.2) is 0 Å². The minimum absolute atomic E-state index is 0.0212. The van der Waals surface area contributed by atoms with Gasteiger partial charge in [-0.25, -0.2) is 0 Å². The second kappa shape index (κ2) is 11.7. The third kappa shape index (κ3) is 7.30. The molecule has 1 saturated heterocycles. The number of carbonyl (C=O) groups is 3. The van der Waals surface area contributed by atoms with E-state index in [4.69, 9.17) is 11.6 Å². The van der Waals surface area contributed by atoms with Crippen LogP contribution in [0.25, 0.3) is 0 Å². The van der Waals surface area contributed by atoms with Gasteiger partial charge < -0.3 is 20.9 Å². The SMILES string of the molecule is CNC(=O)C(NCCNC(C)=O)c1cccc(CN2CCN(C(=O)CCl)CC2)c1. The zero-order chi connectivity index (χ0) is 21.2. The smallest absolute Gasteiger partial charge is 0.241 e. The van der Waals surface area contributed by atoms with Crippen LogP contribution < -0.4 is 16.0 Å². The highest BCUT2D eigenvalue weighted by atomic mass is 35.5. The zero-order valence-corrected chi connectivity index (χ0v) is 17.8. The molecule has 1 fully saturated rings. The average molecular weight is 424 g/mol. The molecule has 0 saturated carbocycles. The number of piperazine rings is 1. The summed E-state index contributed by atoms with van der Waals surface area (Å²) < 4.78 is 0. The summed E-state index contributed by atoms with van der Waals surface area (Å²) in [6.45, 7) is 6.09. The molecule has 2 rings (SSSR count). The summed E-state index contributed by atoms with van der Waals surface area (Å²) in [6.07, 6.45) is 0. The second-order valence-corrected chi connectivity index (χ2v) is 7.29. The van der Waals surface area contributed by atoms with E-state index in [-0.39, 0.29) is 23.6 Å². The zero-order valence-electron chi connectivity index (χ0n) is 17.0. The molecule has 0 bridgehead atoms. The number of nitrogens with one attached hydrogen (secondary N) is 3. The second-order valence-electron chi connectivity index (χ2n) is 7.02. The molecule has 1 aromatic rings. The Bertz CT molecular complexity index is 707. The van der Waals surface area contributed by atoms with E-state index in [1.165, 1.54) is 6.92 Å². The molecule has 0 aromatic heterocycles. The number of amides is 3. The molecule has 0 aliphatic carbocycles. The van der Waals surface area contributed by atoms with Crippen LogP contribution in [-0.2, 0) is 20.9 Å². The number of benzene rings is 1. The number of hydrogen-bond donors (Lipinski definition) is 3. The number of rotatable bonds is 9. The number of nitrogens with zero attached hydrogens (tertiary/aromatic N) is 2. The van der Waals surface area contributed by atoms with Gasteiger partial charge in [-0.2, -0.15) is 0 Å². The van der Waals surface area contributed by atoms with E-state index in [0.29, 0.717) is 26.2 Å². The number of carbonyl (C=O) groups excluding carboxylic acids is 3. The van der Waals surface area contributed by atoms with Crippen LogP contribution in [0, 0.1) is 0 Å². The van der Waals surface area contributed by atoms with Crippen LogP contribution in [0.4, 0.5) is 0 Å². The Morgan fingerprint density at radius 2 is 1.86 bits per heavy atom. The van der Waals surface area contributed by atoms with Gasteiger partial charge in [-0.05, 0) is 11.1 Å². The summed E-state index contributed by atoms with van der Waals surface area (Å²) in [5.74, 6) is -0.221. The van der Waals surface area contributed by atoms with Crippen molar-refractivity contribution in [2.45, 2.75) is 19.5 Å². The lowest BCUT2D eigenvalue weighted by Crippen LogP contribution is -2.48. The van der Waals surface area contributed by atoms with Crippen LogP contribution in [0.2, 0.25) is 0 Å². The molecule has 8 nitrogen and oxygen atoms in total. The van der Waals surface area contributed by atoms with E-state index in [1.54, 1.807) is 11.9 Å². The van der Waals surface area contributed by atoms with E-state index in [9.17, 15) is 14.4 Å². The number of alkyl halides is 1. The van der Waals surface area contributed by atoms with E-state index in [1.807, 2.05) is 24.3 Å². The average Bonchev–Trinajstić information content (AvgIpc) is 2.73. The maximum atomic E-state index is 12.4. The fraction of sp³-hybridized carbons (Fsp3) is 0.550. The van der Waals surface area contributed by atoms with E-state index in [0.717, 1.165) is 30.8 Å². The highest BCUT2D eigenvalue weighted by Gasteiger charge is 2.22. The first-order chi connectivity index (χ1) is 13.9. The van der Waals surface area contributed by atoms with E-state index >= 15 is 0 Å². The van der Waals surface area contributed by atoms with E-state index in [2.05, 4.69) is 20.9 Å². The van der Waals surface area contributed by atoms with Crippen molar-refractivity contribution >= 4 is 29.3 Å². The predicted octanol–water partition coefficient (Wildman–Crippen LogP) is 0.0824. The van der Waals surface area contributed by atoms with Crippen molar-refractivity contribution in [3.63, 3.8) is 0 Å². The molecule has 1 heterocycles. The van der Waals surface area contributed by atoms with Gasteiger partial charge in [0.1, 0.15) is 11.9 Å². The van der Waals surface area contributed by atoms with Crippen molar-refractivity contribution in [3.8, 4) is 0 Å². The Hall–Kier alpha value is -2.16. The molecule has 1 atom stereocenters. The van der Waals surface area contributed by atoms with Gasteiger partial charge in [0, 0.05) is 59.8 Å². The monoisotopic (exact) mass is 423 g/mol. The molecule has 1 unspecified atom stereocenters. The van der Waals surface area contributed by atoms with Gasteiger partial charge in [0.2, 0.25) is 17.7 Å². The topological polar surface area (TPSA) is 93.8 Å². The molecule has 0 spiro atoms. The normalized spacial score (nSPS) is 15.6. The lowest BCUT2D eigenvalue weighted by Gasteiger charge is -2.34. The molecule has 9 heteroatoms. The number of likely N-dealkylation sites (N-methyl/N-ethyl adjacent to an activating group) is 1. The van der Waals surface area contributed by atoms with Crippen LogP contribution in [0.15, 0.2) is 24.3 Å². The Morgan fingerprint density at radius 1 is 1.14 bits per heavy atom. The first-order valence-electron chi connectivity index (χ1n) is 9.79. The molecule has 1 aromatic carbocycles. The Labute approximate surface area is 176 Å². The lowest BCUT2D eigenvalue weighted by molar-refractivity contribution is -0.130. The third-order valence-corrected chi connectivity index (χ3v) is 5.11. The Balaban J connectivity index is 1.97. The van der Waals surface area contributed by atoms with Gasteiger partial charge in [0.05, 0.1) is 0 Å². The summed E-state index contributed by atoms with van der Waals surface area (Å²) >= 11 is 5.63. The van der Waals surface area contributed by atoms with Crippen LogP contribution in [-0.4, -0.2) is 79.7 Å². The molecule has 29 heavy (non-hydrogen) atoms. The highest BCUT2D eigenvalue weighted by molar-refractivity contribution is 6.27. The van der Waals surface area contributed by atoms with Gasteiger partial charge in [-0.3, -0.25) is 19.3 Å². The van der Waals surface area contributed by atoms with Crippen molar-refractivity contribution in [2.75, 3.05) is 52.2 Å². The molecular formula is C20H30ClN5O3. The highest BCUT2D eigenvalue weighted by Crippen LogP contribution is 2.17. The molecule has 1 aliphatic heterocycles. The summed E-state index contributed by atoms with van der Waals surface area (Å²) in [6, 6.07) is 7.45. The molecule has 0 radical (unpaired) electrons. The fourth-order valence-electron chi connectivity index (χ4n) is 3.33. The van der Waals surface area contributed by atoms with Crippen LogP contribution in [0.5, 0.6) is 0 Å². The van der Waals surface area contributed by atoms with Gasteiger partial charge in [-0.15, -0.1) is 11.6 Å². The van der Waals surface area contributed by atoms with Crippen molar-refractivity contribution in [3.05, 3.63) is 35.4 Å². The largest absolute Gasteiger partial charge is 0.358 e. The Kier molecular flexibility index (Phi) is 9.37. The first kappa shape index (κ1) is 23.1. The number of hydrogen-bond acceptors (Lipinski definition) is 5. The van der Waals surface area contributed by atoms with Crippen molar-refractivity contribution in [2.24, 2.45) is 0 Å². The lowest BCUT2D eigenvalue weighted by atomic mass is 10.0. The molecule has 1 aliphatic rings. The maximum Gasteiger partial charge on any atom is 0.241 e. The predicted molar refractivity (Wildman–Crippen MR) is 113 cm³/mol. The fourth-order valence-corrected chi connectivity index (χ4v) is 3.50. The summed E-state index contributed by atoms with van der Waals surface area (Å²) in [7, 11) is 1.61. The first-order valence-corrected chi connectivity index (χ1v) is 10.3. The minimum atomic E-state index is -0.494. The van der Waals surface area contributed by atoms with Gasteiger partial charge >= 0.3 is 0 Å². The summed E-state index contributed by atoms with van der Waals surface area (Å²) in [5, 5.41) is 8.60. The number of halogens is 1. The van der Waals surface area contributed by atoms with Crippen molar-refractivity contribution < 1.29 is 14.4 Å². The molecule has 3 N–H and O–H groups in total. The van der Waals surface area contributed by atoms with Crippen LogP contribution in [0.3, 0.4) is 0 Å². The Morgan fingerprint density at radius 3 is 2.48 bits per heavy atom. The quantitative estimate of drug-likeness (QED) is 0.386. The van der Waals surface area contributed by atoms with Crippen molar-refractivity contribution in [1.82, 2.24) is 25.8 Å². The summed E-state index contributed by atoms with van der Waals surface area (Å²) in [4.78, 5) is 39.1.